The maximum atomic E-state index is 11.8. The minimum absolute atomic E-state index is 0.0105. The maximum Gasteiger partial charge on any atom is 0.236 e. The minimum Gasteiger partial charge on any atom is -0.354 e. The topological polar surface area (TPSA) is 58.4 Å². The zero-order valence-corrected chi connectivity index (χ0v) is 13.3. The molecule has 4 nitrogen and oxygen atoms in total. The summed E-state index contributed by atoms with van der Waals surface area (Å²) >= 11 is 1.73. The number of carbonyl (C=O) groups excluding carboxylic acids is 1. The molecule has 2 atom stereocenters. The zero-order valence-electron chi connectivity index (χ0n) is 12.5. The van der Waals surface area contributed by atoms with Gasteiger partial charge in [-0.3, -0.25) is 4.79 Å². The first-order valence-electron chi connectivity index (χ1n) is 7.27. The lowest BCUT2D eigenvalue weighted by atomic mass is 10.1. The van der Waals surface area contributed by atoms with Crippen molar-refractivity contribution < 1.29 is 4.79 Å². The van der Waals surface area contributed by atoms with Crippen LogP contribution in [-0.2, 0) is 4.79 Å². The Morgan fingerprint density at radius 2 is 2.26 bits per heavy atom. The van der Waals surface area contributed by atoms with E-state index in [-0.39, 0.29) is 11.9 Å². The number of hydrogen-bond donors (Lipinski definition) is 2. The number of nitrogens with one attached hydrogen (secondary N) is 1. The Morgan fingerprint density at radius 3 is 2.89 bits per heavy atom. The molecule has 1 aliphatic heterocycles. The SMILES string of the molecule is CSCC[C@H](N)C(=O)NCC1CCN(CC(C)C)C1. The number of nitrogens with two attached hydrogens (primary N) is 1. The first-order valence-corrected chi connectivity index (χ1v) is 8.67. The Bertz CT molecular complexity index is 273. The first kappa shape index (κ1) is 16.8. The quantitative estimate of drug-likeness (QED) is 0.703. The van der Waals surface area contributed by atoms with E-state index in [4.69, 9.17) is 5.73 Å². The van der Waals surface area contributed by atoms with Gasteiger partial charge in [0.2, 0.25) is 5.91 Å². The molecule has 1 rings (SSSR count). The molecule has 0 aromatic rings. The van der Waals surface area contributed by atoms with Crippen molar-refractivity contribution in [3.05, 3.63) is 0 Å². The molecule has 0 radical (unpaired) electrons. The number of thioether (sulfide) groups is 1. The highest BCUT2D eigenvalue weighted by molar-refractivity contribution is 7.98. The molecule has 1 amide bonds. The molecule has 19 heavy (non-hydrogen) atoms. The van der Waals surface area contributed by atoms with E-state index in [2.05, 4.69) is 24.1 Å². The lowest BCUT2D eigenvalue weighted by molar-refractivity contribution is -0.122. The van der Waals surface area contributed by atoms with Crippen LogP contribution in [-0.4, -0.2) is 55.0 Å². The van der Waals surface area contributed by atoms with Crippen LogP contribution in [0.15, 0.2) is 0 Å². The van der Waals surface area contributed by atoms with Crippen molar-refractivity contribution in [1.82, 2.24) is 10.2 Å². The zero-order chi connectivity index (χ0) is 14.3. The number of hydrogen-bond acceptors (Lipinski definition) is 4. The van der Waals surface area contributed by atoms with Crippen LogP contribution in [0, 0.1) is 11.8 Å². The van der Waals surface area contributed by atoms with E-state index in [9.17, 15) is 4.79 Å². The summed E-state index contributed by atoms with van der Waals surface area (Å²) in [7, 11) is 0. The molecular formula is C14H29N3OS. The lowest BCUT2D eigenvalue weighted by Crippen LogP contribution is -2.43. The van der Waals surface area contributed by atoms with Gasteiger partial charge in [0, 0.05) is 19.6 Å². The molecule has 0 bridgehead atoms. The highest BCUT2D eigenvalue weighted by Crippen LogP contribution is 2.16. The van der Waals surface area contributed by atoms with Crippen molar-refractivity contribution in [2.75, 3.05) is 38.2 Å². The third-order valence-corrected chi connectivity index (χ3v) is 4.17. The van der Waals surface area contributed by atoms with Crippen LogP contribution in [0.4, 0.5) is 0 Å². The fraction of sp³-hybridized carbons (Fsp3) is 0.929. The van der Waals surface area contributed by atoms with Gasteiger partial charge in [0.05, 0.1) is 6.04 Å². The van der Waals surface area contributed by atoms with Crippen LogP contribution < -0.4 is 11.1 Å². The van der Waals surface area contributed by atoms with Crippen molar-refractivity contribution >= 4 is 17.7 Å². The Hall–Kier alpha value is -0.260. The number of likely N-dealkylation sites (tertiary alicyclic amines) is 1. The van der Waals surface area contributed by atoms with Crippen LogP contribution in [0.25, 0.3) is 0 Å². The molecule has 0 aromatic carbocycles. The molecule has 3 N–H and O–H groups in total. The first-order chi connectivity index (χ1) is 9.02. The highest BCUT2D eigenvalue weighted by atomic mass is 32.2. The molecule has 1 saturated heterocycles. The fourth-order valence-corrected chi connectivity index (χ4v) is 3.00. The number of amides is 1. The molecule has 1 heterocycles. The second-order valence-corrected chi connectivity index (χ2v) is 6.93. The van der Waals surface area contributed by atoms with Crippen LogP contribution in [0.5, 0.6) is 0 Å². The Kier molecular flexibility index (Phi) is 7.80. The van der Waals surface area contributed by atoms with E-state index in [0.29, 0.717) is 11.8 Å². The predicted octanol–water partition coefficient (Wildman–Crippen LogP) is 1.16. The van der Waals surface area contributed by atoms with Gasteiger partial charge in [-0.25, -0.2) is 0 Å². The Balaban J connectivity index is 2.17. The van der Waals surface area contributed by atoms with Crippen LogP contribution in [0.2, 0.25) is 0 Å². The number of nitrogens with zero attached hydrogens (tertiary/aromatic N) is 1. The van der Waals surface area contributed by atoms with Gasteiger partial charge in [-0.05, 0) is 43.2 Å². The third kappa shape index (κ3) is 6.63. The minimum atomic E-state index is -0.347. The Labute approximate surface area is 121 Å². The summed E-state index contributed by atoms with van der Waals surface area (Å²) in [5.41, 5.74) is 5.85. The van der Waals surface area contributed by atoms with E-state index in [1.54, 1.807) is 11.8 Å². The van der Waals surface area contributed by atoms with Crippen molar-refractivity contribution in [1.29, 1.82) is 0 Å². The monoisotopic (exact) mass is 287 g/mol. The van der Waals surface area contributed by atoms with E-state index in [1.807, 2.05) is 6.26 Å². The van der Waals surface area contributed by atoms with E-state index in [0.717, 1.165) is 38.4 Å². The van der Waals surface area contributed by atoms with Gasteiger partial charge in [-0.15, -0.1) is 0 Å². The van der Waals surface area contributed by atoms with Crippen LogP contribution in [0.1, 0.15) is 26.7 Å². The van der Waals surface area contributed by atoms with Gasteiger partial charge in [0.1, 0.15) is 0 Å². The second-order valence-electron chi connectivity index (χ2n) is 5.94. The van der Waals surface area contributed by atoms with Gasteiger partial charge >= 0.3 is 0 Å². The molecule has 5 heteroatoms. The molecular weight excluding hydrogens is 258 g/mol. The van der Waals surface area contributed by atoms with Gasteiger partial charge in [-0.2, -0.15) is 11.8 Å². The third-order valence-electron chi connectivity index (χ3n) is 3.53. The predicted molar refractivity (Wildman–Crippen MR) is 83.4 cm³/mol. The molecule has 1 aliphatic rings. The van der Waals surface area contributed by atoms with Crippen molar-refractivity contribution in [3.8, 4) is 0 Å². The Morgan fingerprint density at radius 1 is 1.53 bits per heavy atom. The van der Waals surface area contributed by atoms with E-state index < -0.39 is 0 Å². The number of carbonyl (C=O) groups is 1. The summed E-state index contributed by atoms with van der Waals surface area (Å²) < 4.78 is 0. The molecule has 0 aliphatic carbocycles. The summed E-state index contributed by atoms with van der Waals surface area (Å²) in [5.74, 6) is 2.26. The normalized spacial score (nSPS) is 21.8. The van der Waals surface area contributed by atoms with Gasteiger partial charge in [-0.1, -0.05) is 13.8 Å². The molecule has 0 saturated carbocycles. The molecule has 0 spiro atoms. The summed E-state index contributed by atoms with van der Waals surface area (Å²) in [6, 6.07) is -0.347. The standard InChI is InChI=1S/C14H29N3OS/c1-11(2)9-17-6-4-12(10-17)8-16-14(18)13(15)5-7-19-3/h11-13H,4-10,15H2,1-3H3,(H,16,18)/t12?,13-/m0/s1. The number of rotatable bonds is 8. The molecule has 112 valence electrons. The summed E-state index contributed by atoms with van der Waals surface area (Å²) in [5, 5.41) is 3.01. The maximum absolute atomic E-state index is 11.8. The smallest absolute Gasteiger partial charge is 0.236 e. The molecule has 1 unspecified atom stereocenters. The van der Waals surface area contributed by atoms with Crippen molar-refractivity contribution in [2.45, 2.75) is 32.7 Å². The van der Waals surface area contributed by atoms with Crippen LogP contribution >= 0.6 is 11.8 Å². The van der Waals surface area contributed by atoms with E-state index in [1.165, 1.54) is 6.42 Å². The highest BCUT2D eigenvalue weighted by Gasteiger charge is 2.23. The summed E-state index contributed by atoms with van der Waals surface area (Å²) in [6.07, 6.45) is 3.98. The van der Waals surface area contributed by atoms with E-state index >= 15 is 0 Å². The van der Waals surface area contributed by atoms with Crippen molar-refractivity contribution in [2.24, 2.45) is 17.6 Å². The lowest BCUT2D eigenvalue weighted by Gasteiger charge is -2.19. The fourth-order valence-electron chi connectivity index (χ4n) is 2.51. The largest absolute Gasteiger partial charge is 0.354 e. The molecule has 0 aromatic heterocycles. The summed E-state index contributed by atoms with van der Waals surface area (Å²) in [4.78, 5) is 14.3. The average Bonchev–Trinajstić information content (AvgIpc) is 2.79. The van der Waals surface area contributed by atoms with Crippen LogP contribution in [0.3, 0.4) is 0 Å². The van der Waals surface area contributed by atoms with Crippen molar-refractivity contribution in [3.63, 3.8) is 0 Å². The molecule has 1 fully saturated rings. The van der Waals surface area contributed by atoms with Gasteiger partial charge in [0.25, 0.3) is 0 Å². The van der Waals surface area contributed by atoms with Gasteiger partial charge in [0.15, 0.2) is 0 Å². The van der Waals surface area contributed by atoms with Gasteiger partial charge < -0.3 is 16.0 Å². The average molecular weight is 287 g/mol. The second kappa shape index (κ2) is 8.82. The summed E-state index contributed by atoms with van der Waals surface area (Å²) in [6.45, 7) is 8.72.